The summed E-state index contributed by atoms with van der Waals surface area (Å²) in [6, 6.07) is 20.2. The number of nitrogens with zero attached hydrogens (tertiary/aromatic N) is 2. The number of benzene rings is 2. The molecule has 9 aliphatic rings. The van der Waals surface area contributed by atoms with Crippen molar-refractivity contribution in [3.63, 3.8) is 0 Å². The topological polar surface area (TPSA) is 6.48 Å². The lowest BCUT2D eigenvalue weighted by atomic mass is 9.65. The van der Waals surface area contributed by atoms with Crippen molar-refractivity contribution in [1.82, 2.24) is 4.90 Å². The minimum absolute atomic E-state index is 0.190. The smallest absolute Gasteiger partial charge is 0.0525 e. The van der Waals surface area contributed by atoms with Crippen LogP contribution in [-0.2, 0) is 6.42 Å². The predicted molar refractivity (Wildman–Crippen MR) is 427 cm³/mol. The second kappa shape index (κ2) is 34.1. The third kappa shape index (κ3) is 18.8. The molecule has 0 aromatic heterocycles. The second-order valence-corrected chi connectivity index (χ2v) is 35.8. The van der Waals surface area contributed by atoms with E-state index in [0.717, 1.165) is 37.5 Å². The zero-order valence-corrected chi connectivity index (χ0v) is 64.5. The Morgan fingerprint density at radius 3 is 1.78 bits per heavy atom. The molecule has 0 spiro atoms. The van der Waals surface area contributed by atoms with E-state index in [1.165, 1.54) is 175 Å². The molecule has 0 bridgehead atoms. The summed E-state index contributed by atoms with van der Waals surface area (Å²) in [6.07, 6.45) is 80.6. The molecule has 0 N–H and O–H groups in total. The number of rotatable bonds is 26. The quantitative estimate of drug-likeness (QED) is 0.0684. The lowest BCUT2D eigenvalue weighted by Gasteiger charge is -2.46. The normalized spacial score (nSPS) is 29.9. The van der Waals surface area contributed by atoms with Crippen molar-refractivity contribution < 1.29 is 0 Å². The Kier molecular flexibility index (Phi) is 25.7. The zero-order chi connectivity index (χ0) is 69.1. The Hall–Kier alpha value is -5.34. The molecule has 98 heavy (non-hydrogen) atoms. The molecular weight excluding hydrogens is 1180 g/mol. The molecule has 14 unspecified atom stereocenters. The fourth-order valence-electron chi connectivity index (χ4n) is 19.6. The Bertz CT molecular complexity index is 3360. The summed E-state index contributed by atoms with van der Waals surface area (Å²) in [5.41, 5.74) is 18.7. The van der Waals surface area contributed by atoms with E-state index in [2.05, 4.69) is 265 Å². The van der Waals surface area contributed by atoms with Gasteiger partial charge in [-0.2, -0.15) is 0 Å². The van der Waals surface area contributed by atoms with Gasteiger partial charge in [-0.15, -0.1) is 0 Å². The summed E-state index contributed by atoms with van der Waals surface area (Å²) in [5.74, 6) is 8.06. The van der Waals surface area contributed by atoms with Crippen LogP contribution in [0.15, 0.2) is 203 Å². The molecule has 0 saturated carbocycles. The molecule has 9 aliphatic carbocycles. The van der Waals surface area contributed by atoms with Gasteiger partial charge < -0.3 is 9.80 Å². The molecule has 11 rings (SSSR count). The molecule has 2 heteroatoms. The predicted octanol–water partition coefficient (Wildman–Crippen LogP) is 27.4. The number of allylic oxidation sites excluding steroid dienone is 22. The molecule has 0 radical (unpaired) electrons. The highest BCUT2D eigenvalue weighted by Crippen LogP contribution is 2.51. The van der Waals surface area contributed by atoms with Crippen LogP contribution < -0.4 is 4.90 Å². The molecule has 0 aliphatic heterocycles. The van der Waals surface area contributed by atoms with Gasteiger partial charge >= 0.3 is 0 Å². The summed E-state index contributed by atoms with van der Waals surface area (Å²) < 4.78 is 0. The van der Waals surface area contributed by atoms with Crippen molar-refractivity contribution in [1.29, 1.82) is 0 Å². The molecule has 0 fully saturated rings. The molecule has 0 heterocycles. The summed E-state index contributed by atoms with van der Waals surface area (Å²) in [7, 11) is 0. The van der Waals surface area contributed by atoms with Crippen LogP contribution in [0.1, 0.15) is 263 Å². The van der Waals surface area contributed by atoms with Gasteiger partial charge in [0.2, 0.25) is 0 Å². The highest BCUT2D eigenvalue weighted by Gasteiger charge is 2.41. The van der Waals surface area contributed by atoms with Gasteiger partial charge in [-0.3, -0.25) is 0 Å². The summed E-state index contributed by atoms with van der Waals surface area (Å²) in [5, 5.41) is 0. The Labute approximate surface area is 601 Å². The fraction of sp³-hybridized carbons (Fsp3) is 0.604. The Balaban J connectivity index is 0.873. The molecule has 0 saturated heterocycles. The SMILES string of the molecule is CCCCCCC1=CC(C2CCC(N(C3=CC=C(C4C=CC(CC(C)C)CC4)CC3)C3C=CC(C4C=CC(C(C)(C)C)CC4)CC3)C=C2C)C(CCCCCC)C=C1C1CCC(N(C2=CCC(C3C=CC(C(C)(C)C)=CC3)C=C2)c2ccc(-c3ccc(CC(C)C)cc3)cc2)C=C1C. The number of hydrogen-bond acceptors (Lipinski definition) is 2. The first-order valence-corrected chi connectivity index (χ1v) is 41.0. The van der Waals surface area contributed by atoms with Crippen LogP contribution in [0.2, 0.25) is 0 Å². The lowest BCUT2D eigenvalue weighted by molar-refractivity contribution is 0.175. The van der Waals surface area contributed by atoms with Crippen LogP contribution in [0.5, 0.6) is 0 Å². The third-order valence-electron chi connectivity index (χ3n) is 25.5. The average Bonchev–Trinajstić information content (AvgIpc) is 0.772. The van der Waals surface area contributed by atoms with Crippen molar-refractivity contribution in [3.05, 3.63) is 208 Å². The standard InChI is InChI=1S/C96H136N2/c1-15-17-19-21-23-81-65-94(92-60-58-90(64-70(92)8)98(86-51-39-78(40-52-86)74-31-27-72(28-32-74)62-68(5)6)88-55-43-80(44-56-88)76-35-47-84(48-36-76)96(12,13)14)82(24-22-20-18-16-2)66-93(81)91-59-57-89(63-69(91)7)97(85-49-37-77(38-50-85)73-29-25-71(26-30-73)61-67(3)4)87-53-41-79(42-54-87)75-33-45-83(46-34-75)95(9,10)11/h25-27,29-31,33,35,37-39,41,43,45-47,49-51,53-55,63-68,72,74-76,79-80,82,84,88-92,94H,15-24,28,32,34,36,40,42,44,48,52,56-62H2,1-14H3. The largest absolute Gasteiger partial charge is 0.362 e. The van der Waals surface area contributed by atoms with E-state index in [-0.39, 0.29) is 11.5 Å². The van der Waals surface area contributed by atoms with Gasteiger partial charge in [-0.05, 0) is 275 Å². The van der Waals surface area contributed by atoms with E-state index in [1.54, 1.807) is 33.6 Å². The van der Waals surface area contributed by atoms with E-state index in [4.69, 9.17) is 0 Å². The van der Waals surface area contributed by atoms with Crippen LogP contribution in [0.25, 0.3) is 11.1 Å². The summed E-state index contributed by atoms with van der Waals surface area (Å²) in [4.78, 5) is 5.74. The molecule has 14 atom stereocenters. The summed E-state index contributed by atoms with van der Waals surface area (Å²) in [6.45, 7) is 33.6. The van der Waals surface area contributed by atoms with Gasteiger partial charge in [0.1, 0.15) is 0 Å². The van der Waals surface area contributed by atoms with Crippen LogP contribution >= 0.6 is 0 Å². The van der Waals surface area contributed by atoms with Crippen LogP contribution in [-0.4, -0.2) is 23.0 Å². The number of hydrogen-bond donors (Lipinski definition) is 0. The Morgan fingerprint density at radius 1 is 0.531 bits per heavy atom. The first-order chi connectivity index (χ1) is 47.2. The highest BCUT2D eigenvalue weighted by atomic mass is 15.2. The maximum atomic E-state index is 3.00. The molecular formula is C96H136N2. The van der Waals surface area contributed by atoms with Gasteiger partial charge in [-0.1, -0.05) is 278 Å². The van der Waals surface area contributed by atoms with Crippen molar-refractivity contribution >= 4 is 5.69 Å². The van der Waals surface area contributed by atoms with Gasteiger partial charge in [-0.25, -0.2) is 0 Å². The van der Waals surface area contributed by atoms with Gasteiger partial charge in [0.15, 0.2) is 0 Å². The molecule has 2 aromatic carbocycles. The van der Waals surface area contributed by atoms with Gasteiger partial charge in [0.05, 0.1) is 6.04 Å². The van der Waals surface area contributed by atoms with E-state index >= 15 is 0 Å². The molecule has 2 nitrogen and oxygen atoms in total. The van der Waals surface area contributed by atoms with Crippen molar-refractivity contribution in [3.8, 4) is 11.1 Å². The van der Waals surface area contributed by atoms with Crippen molar-refractivity contribution in [2.75, 3.05) is 4.90 Å². The first kappa shape index (κ1) is 73.9. The molecule has 530 valence electrons. The maximum Gasteiger partial charge on any atom is 0.0525 e. The highest BCUT2D eigenvalue weighted by molar-refractivity contribution is 5.69. The summed E-state index contributed by atoms with van der Waals surface area (Å²) >= 11 is 0. The zero-order valence-electron chi connectivity index (χ0n) is 64.5. The maximum absolute atomic E-state index is 3.00. The number of unbranched alkanes of at least 4 members (excludes halogenated alkanes) is 6. The van der Waals surface area contributed by atoms with Gasteiger partial charge in [0.25, 0.3) is 0 Å². The average molecular weight is 1320 g/mol. The molecule has 0 amide bonds. The van der Waals surface area contributed by atoms with Crippen molar-refractivity contribution in [2.24, 2.45) is 87.8 Å². The van der Waals surface area contributed by atoms with Crippen molar-refractivity contribution in [2.45, 2.75) is 282 Å². The number of anilines is 1. The van der Waals surface area contributed by atoms with Crippen LogP contribution in [0.4, 0.5) is 5.69 Å². The van der Waals surface area contributed by atoms with Crippen LogP contribution in [0, 0.1) is 87.8 Å². The first-order valence-electron chi connectivity index (χ1n) is 41.0. The third-order valence-corrected chi connectivity index (χ3v) is 25.5. The second-order valence-electron chi connectivity index (χ2n) is 35.8. The minimum atomic E-state index is 0.190. The van der Waals surface area contributed by atoms with Gasteiger partial charge in [0, 0.05) is 35.1 Å². The van der Waals surface area contributed by atoms with E-state index in [9.17, 15) is 0 Å². The van der Waals surface area contributed by atoms with Crippen LogP contribution in [0.3, 0.4) is 0 Å². The molecule has 2 aromatic rings. The van der Waals surface area contributed by atoms with E-state index < -0.39 is 0 Å². The Morgan fingerprint density at radius 2 is 1.20 bits per heavy atom. The van der Waals surface area contributed by atoms with E-state index in [1.807, 2.05) is 0 Å². The van der Waals surface area contributed by atoms with E-state index in [0.29, 0.717) is 82.6 Å². The lowest BCUT2D eigenvalue weighted by Crippen LogP contribution is -2.44. The monoisotopic (exact) mass is 1320 g/mol. The fourth-order valence-corrected chi connectivity index (χ4v) is 19.6. The minimum Gasteiger partial charge on any atom is -0.362 e.